The minimum atomic E-state index is -1.71. The maximum atomic E-state index is 9.31. The number of aromatic nitrogens is 3. The van der Waals surface area contributed by atoms with Gasteiger partial charge in [-0.25, -0.2) is 9.67 Å². The zero-order chi connectivity index (χ0) is 18.5. The SMILES string of the molecule is CC(C)(C)[Si](C)(C)OCCc1cccc(/C=C(/C#N)n2cncn2)c1. The highest BCUT2D eigenvalue weighted by atomic mass is 28.4. The van der Waals surface area contributed by atoms with Crippen LogP contribution in [0.1, 0.15) is 31.9 Å². The summed E-state index contributed by atoms with van der Waals surface area (Å²) in [6, 6.07) is 10.3. The maximum absolute atomic E-state index is 9.31. The summed E-state index contributed by atoms with van der Waals surface area (Å²) in [5.41, 5.74) is 2.60. The molecule has 0 spiro atoms. The molecule has 0 aliphatic rings. The standard InChI is InChI=1S/C19H26N4OSi/c1-19(2,3)25(4,5)24-10-9-16-7-6-8-17(11-16)12-18(13-20)23-15-21-14-22-23/h6-8,11-12,14-15H,9-10H2,1-5H3/b18-12-. The van der Waals surface area contributed by atoms with E-state index in [-0.39, 0.29) is 5.04 Å². The zero-order valence-corrected chi connectivity index (χ0v) is 16.7. The van der Waals surface area contributed by atoms with Gasteiger partial charge in [-0.2, -0.15) is 10.4 Å². The highest BCUT2D eigenvalue weighted by molar-refractivity contribution is 6.74. The summed E-state index contributed by atoms with van der Waals surface area (Å²) >= 11 is 0. The molecule has 0 aliphatic carbocycles. The Kier molecular flexibility index (Phi) is 5.93. The second-order valence-electron chi connectivity index (χ2n) is 7.59. The minimum Gasteiger partial charge on any atom is -0.416 e. The first-order chi connectivity index (χ1) is 11.7. The largest absolute Gasteiger partial charge is 0.416 e. The van der Waals surface area contributed by atoms with E-state index in [9.17, 15) is 5.26 Å². The normalized spacial score (nSPS) is 12.9. The fourth-order valence-electron chi connectivity index (χ4n) is 2.12. The van der Waals surface area contributed by atoms with E-state index in [0.717, 1.165) is 18.6 Å². The Morgan fingerprint density at radius 1 is 1.36 bits per heavy atom. The van der Waals surface area contributed by atoms with Crippen molar-refractivity contribution in [2.45, 2.75) is 45.3 Å². The first kappa shape index (κ1) is 19.1. The van der Waals surface area contributed by atoms with Gasteiger partial charge in [-0.3, -0.25) is 0 Å². The quantitative estimate of drug-likeness (QED) is 0.571. The van der Waals surface area contributed by atoms with Crippen LogP contribution in [0, 0.1) is 11.3 Å². The van der Waals surface area contributed by atoms with E-state index in [0.29, 0.717) is 5.70 Å². The van der Waals surface area contributed by atoms with Crippen LogP contribution >= 0.6 is 0 Å². The summed E-state index contributed by atoms with van der Waals surface area (Å²) < 4.78 is 7.71. The van der Waals surface area contributed by atoms with Crippen molar-refractivity contribution >= 4 is 20.1 Å². The van der Waals surface area contributed by atoms with E-state index in [2.05, 4.69) is 62.1 Å². The molecule has 0 saturated heterocycles. The van der Waals surface area contributed by atoms with Gasteiger partial charge < -0.3 is 4.43 Å². The lowest BCUT2D eigenvalue weighted by molar-refractivity contribution is 0.292. The number of hydrogen-bond donors (Lipinski definition) is 0. The van der Waals surface area contributed by atoms with Crippen LogP contribution in [0.4, 0.5) is 0 Å². The Hall–Kier alpha value is -2.23. The lowest BCUT2D eigenvalue weighted by Crippen LogP contribution is -2.41. The fourth-order valence-corrected chi connectivity index (χ4v) is 3.16. The molecular weight excluding hydrogens is 328 g/mol. The molecule has 0 radical (unpaired) electrons. The average molecular weight is 355 g/mol. The summed E-state index contributed by atoms with van der Waals surface area (Å²) in [6.45, 7) is 12.0. The molecule has 0 amide bonds. The number of benzene rings is 1. The van der Waals surface area contributed by atoms with Gasteiger partial charge in [-0.15, -0.1) is 0 Å². The van der Waals surface area contributed by atoms with E-state index in [1.165, 1.54) is 22.9 Å². The molecule has 0 saturated carbocycles. The highest BCUT2D eigenvalue weighted by Gasteiger charge is 2.36. The molecule has 5 nitrogen and oxygen atoms in total. The topological polar surface area (TPSA) is 63.7 Å². The van der Waals surface area contributed by atoms with E-state index >= 15 is 0 Å². The van der Waals surface area contributed by atoms with Gasteiger partial charge >= 0.3 is 0 Å². The molecule has 2 rings (SSSR count). The summed E-state index contributed by atoms with van der Waals surface area (Å²) in [5, 5.41) is 13.5. The number of nitrogens with zero attached hydrogens (tertiary/aromatic N) is 4. The lowest BCUT2D eigenvalue weighted by Gasteiger charge is -2.36. The zero-order valence-electron chi connectivity index (χ0n) is 15.7. The van der Waals surface area contributed by atoms with Crippen LogP contribution in [-0.4, -0.2) is 29.7 Å². The van der Waals surface area contributed by atoms with Gasteiger partial charge in [-0.05, 0) is 41.8 Å². The third-order valence-electron chi connectivity index (χ3n) is 4.69. The maximum Gasteiger partial charge on any atom is 0.191 e. The lowest BCUT2D eigenvalue weighted by atomic mass is 10.1. The van der Waals surface area contributed by atoms with Crippen molar-refractivity contribution in [2.75, 3.05) is 6.61 Å². The van der Waals surface area contributed by atoms with Gasteiger partial charge in [0.2, 0.25) is 0 Å². The van der Waals surface area contributed by atoms with Gasteiger partial charge in [0, 0.05) is 6.61 Å². The summed E-state index contributed by atoms with van der Waals surface area (Å²) in [7, 11) is -1.71. The molecule has 0 aliphatic heterocycles. The molecular formula is C19H26N4OSi. The van der Waals surface area contributed by atoms with E-state index in [1.54, 1.807) is 0 Å². The summed E-state index contributed by atoms with van der Waals surface area (Å²) in [6.07, 6.45) is 5.61. The Balaban J connectivity index is 2.06. The molecule has 0 atom stereocenters. The van der Waals surface area contributed by atoms with Crippen LogP contribution in [0.25, 0.3) is 11.8 Å². The molecule has 25 heavy (non-hydrogen) atoms. The molecule has 1 aromatic heterocycles. The van der Waals surface area contributed by atoms with Crippen molar-refractivity contribution in [2.24, 2.45) is 0 Å². The first-order valence-electron chi connectivity index (χ1n) is 8.43. The smallest absolute Gasteiger partial charge is 0.191 e. The van der Waals surface area contributed by atoms with Gasteiger partial charge in [0.25, 0.3) is 0 Å². The van der Waals surface area contributed by atoms with Crippen LogP contribution in [0.2, 0.25) is 18.1 Å². The van der Waals surface area contributed by atoms with Crippen molar-refractivity contribution < 1.29 is 4.43 Å². The first-order valence-corrected chi connectivity index (χ1v) is 11.3. The molecule has 0 fully saturated rings. The third kappa shape index (κ3) is 5.12. The van der Waals surface area contributed by atoms with Gasteiger partial charge in [0.05, 0.1) is 0 Å². The number of hydrogen-bond acceptors (Lipinski definition) is 4. The predicted octanol–water partition coefficient (Wildman–Crippen LogP) is 4.36. The van der Waals surface area contributed by atoms with Gasteiger partial charge in [0.15, 0.2) is 8.32 Å². The molecule has 0 N–H and O–H groups in total. The predicted molar refractivity (Wildman–Crippen MR) is 103 cm³/mol. The van der Waals surface area contributed by atoms with Crippen molar-refractivity contribution in [3.05, 3.63) is 48.0 Å². The van der Waals surface area contributed by atoms with Crippen molar-refractivity contribution in [1.82, 2.24) is 14.8 Å². The fraction of sp³-hybridized carbons (Fsp3) is 0.421. The Morgan fingerprint density at radius 2 is 2.12 bits per heavy atom. The molecule has 0 bridgehead atoms. The molecule has 6 heteroatoms. The van der Waals surface area contributed by atoms with Crippen molar-refractivity contribution in [1.29, 1.82) is 5.26 Å². The second-order valence-corrected chi connectivity index (χ2v) is 12.4. The molecule has 1 heterocycles. The third-order valence-corrected chi connectivity index (χ3v) is 9.23. The van der Waals surface area contributed by atoms with Crippen LogP contribution < -0.4 is 0 Å². The molecule has 1 aromatic carbocycles. The second kappa shape index (κ2) is 7.77. The van der Waals surface area contributed by atoms with Crippen LogP contribution in [0.5, 0.6) is 0 Å². The Morgan fingerprint density at radius 3 is 2.72 bits per heavy atom. The number of rotatable bonds is 6. The summed E-state index contributed by atoms with van der Waals surface area (Å²) in [4.78, 5) is 3.88. The Bertz CT molecular complexity index is 767. The van der Waals surface area contributed by atoms with Gasteiger partial charge in [0.1, 0.15) is 24.4 Å². The molecule has 132 valence electrons. The van der Waals surface area contributed by atoms with E-state index in [4.69, 9.17) is 4.43 Å². The summed E-state index contributed by atoms with van der Waals surface area (Å²) in [5.74, 6) is 0. The van der Waals surface area contributed by atoms with Crippen LogP contribution in [0.3, 0.4) is 0 Å². The Labute approximate surface area is 151 Å². The van der Waals surface area contributed by atoms with Crippen molar-refractivity contribution in [3.8, 4) is 6.07 Å². The average Bonchev–Trinajstić information content (AvgIpc) is 3.06. The van der Waals surface area contributed by atoms with Crippen LogP contribution in [-0.2, 0) is 10.8 Å². The monoisotopic (exact) mass is 354 g/mol. The molecule has 0 unspecified atom stereocenters. The number of nitriles is 1. The number of allylic oxidation sites excluding steroid dienone is 1. The molecule has 2 aromatic rings. The highest BCUT2D eigenvalue weighted by Crippen LogP contribution is 2.36. The van der Waals surface area contributed by atoms with Crippen molar-refractivity contribution in [3.63, 3.8) is 0 Å². The van der Waals surface area contributed by atoms with Gasteiger partial charge in [-0.1, -0.05) is 45.0 Å². The van der Waals surface area contributed by atoms with E-state index < -0.39 is 8.32 Å². The van der Waals surface area contributed by atoms with Crippen LogP contribution in [0.15, 0.2) is 36.9 Å². The van der Waals surface area contributed by atoms with E-state index in [1.807, 2.05) is 18.2 Å². The minimum absolute atomic E-state index is 0.219.